The van der Waals surface area contributed by atoms with E-state index in [1.54, 1.807) is 18.3 Å². The lowest BCUT2D eigenvalue weighted by molar-refractivity contribution is -0.384. The number of esters is 2. The number of halogens is 4. The fourth-order valence-corrected chi connectivity index (χ4v) is 3.30. The average Bonchev–Trinajstić information content (AvgIpc) is 2.87. The van der Waals surface area contributed by atoms with E-state index < -0.39 is 59.5 Å². The van der Waals surface area contributed by atoms with Crippen LogP contribution in [0.3, 0.4) is 0 Å². The fourth-order valence-electron chi connectivity index (χ4n) is 3.12. The van der Waals surface area contributed by atoms with Crippen molar-refractivity contribution in [3.05, 3.63) is 63.3 Å². The molecule has 1 aromatic heterocycles. The van der Waals surface area contributed by atoms with Gasteiger partial charge in [0, 0.05) is 25.2 Å². The van der Waals surface area contributed by atoms with Crippen LogP contribution < -0.4 is 16.0 Å². The summed E-state index contributed by atoms with van der Waals surface area (Å²) in [7, 11) is 0. The number of carbonyl (C=O) groups excluding carboxylic acids is 4. The van der Waals surface area contributed by atoms with E-state index in [4.69, 9.17) is 11.6 Å². The second-order valence-corrected chi connectivity index (χ2v) is 8.33. The molecule has 0 saturated heterocycles. The Morgan fingerprint density at radius 1 is 1.10 bits per heavy atom. The number of nitro groups is 1. The number of unbranched alkanes of at least 4 members (excludes halogenated alkanes) is 1. The van der Waals surface area contributed by atoms with Crippen LogP contribution in [0.1, 0.15) is 37.3 Å². The van der Waals surface area contributed by atoms with Crippen molar-refractivity contribution < 1.29 is 42.0 Å². The zero-order chi connectivity index (χ0) is 29.0. The first-order valence-electron chi connectivity index (χ1n) is 11.3. The Balaban J connectivity index is 1.93. The Labute approximate surface area is 224 Å². The van der Waals surface area contributed by atoms with Gasteiger partial charge in [0.2, 0.25) is 11.8 Å². The SMILES string of the molecule is O=C(CCCCNc1ccccn1)NCC(=O)NC(CC(=O)OC(=O)C(F)(F)F)c1ccc(Cl)c([N+](=O)[O-])c1. The summed E-state index contributed by atoms with van der Waals surface area (Å²) < 4.78 is 41.0. The summed E-state index contributed by atoms with van der Waals surface area (Å²) >= 11 is 5.76. The maximum Gasteiger partial charge on any atom is 0.491 e. The van der Waals surface area contributed by atoms with Crippen LogP contribution >= 0.6 is 11.6 Å². The zero-order valence-electron chi connectivity index (χ0n) is 20.1. The molecule has 0 radical (unpaired) electrons. The topological polar surface area (TPSA) is 170 Å². The summed E-state index contributed by atoms with van der Waals surface area (Å²) in [4.78, 5) is 61.8. The molecule has 1 atom stereocenters. The minimum Gasteiger partial charge on any atom is -0.386 e. The van der Waals surface area contributed by atoms with Gasteiger partial charge in [0.05, 0.1) is 23.9 Å². The molecule has 210 valence electrons. The van der Waals surface area contributed by atoms with Crippen molar-refractivity contribution in [3.63, 3.8) is 0 Å². The molecule has 0 aliphatic rings. The van der Waals surface area contributed by atoms with Crippen LogP contribution in [0.2, 0.25) is 5.02 Å². The van der Waals surface area contributed by atoms with E-state index in [2.05, 4.69) is 25.7 Å². The highest BCUT2D eigenvalue weighted by Crippen LogP contribution is 2.29. The predicted molar refractivity (Wildman–Crippen MR) is 130 cm³/mol. The van der Waals surface area contributed by atoms with Gasteiger partial charge in [-0.25, -0.2) is 9.78 Å². The minimum absolute atomic E-state index is 0.0809. The monoisotopic (exact) mass is 573 g/mol. The number of anilines is 1. The molecule has 0 spiro atoms. The van der Waals surface area contributed by atoms with Crippen LogP contribution in [0.4, 0.5) is 24.7 Å². The highest BCUT2D eigenvalue weighted by molar-refractivity contribution is 6.32. The maximum absolute atomic E-state index is 12.4. The van der Waals surface area contributed by atoms with E-state index in [0.717, 1.165) is 12.1 Å². The second kappa shape index (κ2) is 14.6. The molecule has 0 fully saturated rings. The Bertz CT molecular complexity index is 1200. The number of alkyl halides is 3. The normalized spacial score (nSPS) is 11.7. The number of pyridine rings is 1. The van der Waals surface area contributed by atoms with Gasteiger partial charge in [0.1, 0.15) is 10.8 Å². The third kappa shape index (κ3) is 10.9. The van der Waals surface area contributed by atoms with Gasteiger partial charge in [-0.3, -0.25) is 24.5 Å². The smallest absolute Gasteiger partial charge is 0.386 e. The number of ether oxygens (including phenoxy) is 1. The van der Waals surface area contributed by atoms with E-state index in [9.17, 15) is 42.5 Å². The number of amides is 2. The largest absolute Gasteiger partial charge is 0.491 e. The molecule has 39 heavy (non-hydrogen) atoms. The molecule has 1 unspecified atom stereocenters. The van der Waals surface area contributed by atoms with Crippen molar-refractivity contribution in [2.75, 3.05) is 18.4 Å². The Morgan fingerprint density at radius 3 is 2.49 bits per heavy atom. The van der Waals surface area contributed by atoms with Gasteiger partial charge in [0.15, 0.2) is 0 Å². The molecule has 2 amide bonds. The van der Waals surface area contributed by atoms with Crippen LogP contribution in [0.15, 0.2) is 42.6 Å². The molecule has 0 aliphatic carbocycles. The molecule has 0 saturated carbocycles. The molecule has 1 aromatic carbocycles. The number of aromatic nitrogens is 1. The quantitative estimate of drug-likeness (QED) is 0.107. The van der Waals surface area contributed by atoms with E-state index in [0.29, 0.717) is 25.2 Å². The van der Waals surface area contributed by atoms with Crippen LogP contribution in [0.25, 0.3) is 0 Å². The van der Waals surface area contributed by atoms with Gasteiger partial charge >= 0.3 is 18.1 Å². The van der Waals surface area contributed by atoms with Gasteiger partial charge in [0.25, 0.3) is 5.69 Å². The van der Waals surface area contributed by atoms with Gasteiger partial charge < -0.3 is 20.7 Å². The van der Waals surface area contributed by atoms with Gasteiger partial charge in [-0.05, 0) is 36.6 Å². The Hall–Kier alpha value is -4.27. The lowest BCUT2D eigenvalue weighted by atomic mass is 10.0. The van der Waals surface area contributed by atoms with Crippen molar-refractivity contribution in [1.29, 1.82) is 0 Å². The summed E-state index contributed by atoms with van der Waals surface area (Å²) in [5, 5.41) is 18.6. The van der Waals surface area contributed by atoms with Crippen molar-refractivity contribution in [2.24, 2.45) is 0 Å². The molecular weight excluding hydrogens is 551 g/mol. The van der Waals surface area contributed by atoms with E-state index >= 15 is 0 Å². The molecule has 0 aliphatic heterocycles. The number of nitrogens with zero attached hydrogens (tertiary/aromatic N) is 2. The number of hydrogen-bond donors (Lipinski definition) is 3. The molecule has 2 rings (SSSR count). The Morgan fingerprint density at radius 2 is 1.85 bits per heavy atom. The molecule has 16 heteroatoms. The molecular formula is C23H23ClF3N5O7. The average molecular weight is 574 g/mol. The number of benzene rings is 1. The first kappa shape index (κ1) is 31.0. The van der Waals surface area contributed by atoms with Crippen LogP contribution in [-0.2, 0) is 23.9 Å². The van der Waals surface area contributed by atoms with Crippen molar-refractivity contribution >= 4 is 46.9 Å². The summed E-state index contributed by atoms with van der Waals surface area (Å²) in [6, 6.07) is 7.11. The van der Waals surface area contributed by atoms with Gasteiger partial charge in [-0.1, -0.05) is 23.7 Å². The molecule has 1 heterocycles. The summed E-state index contributed by atoms with van der Waals surface area (Å²) in [5.74, 6) is -5.05. The molecule has 3 N–H and O–H groups in total. The van der Waals surface area contributed by atoms with Crippen LogP contribution in [0.5, 0.6) is 0 Å². The van der Waals surface area contributed by atoms with Crippen LogP contribution in [-0.4, -0.2) is 52.9 Å². The summed E-state index contributed by atoms with van der Waals surface area (Å²) in [6.07, 6.45) is -3.58. The van der Waals surface area contributed by atoms with E-state index in [1.165, 1.54) is 6.07 Å². The Kier molecular flexibility index (Phi) is 11.6. The van der Waals surface area contributed by atoms with Gasteiger partial charge in [-0.2, -0.15) is 13.2 Å². The van der Waals surface area contributed by atoms with Crippen molar-refractivity contribution in [2.45, 2.75) is 37.9 Å². The maximum atomic E-state index is 12.4. The van der Waals surface area contributed by atoms with Crippen LogP contribution in [0, 0.1) is 10.1 Å². The molecule has 12 nitrogen and oxygen atoms in total. The third-order valence-electron chi connectivity index (χ3n) is 4.96. The number of rotatable bonds is 13. The first-order chi connectivity index (χ1) is 18.4. The fraction of sp³-hybridized carbons (Fsp3) is 0.348. The molecule has 2 aromatic rings. The lowest BCUT2D eigenvalue weighted by Crippen LogP contribution is -2.39. The zero-order valence-corrected chi connectivity index (χ0v) is 20.9. The van der Waals surface area contributed by atoms with Crippen molar-refractivity contribution in [1.82, 2.24) is 15.6 Å². The van der Waals surface area contributed by atoms with E-state index in [1.807, 2.05) is 6.07 Å². The number of hydrogen-bond acceptors (Lipinski definition) is 9. The second-order valence-electron chi connectivity index (χ2n) is 7.93. The van der Waals surface area contributed by atoms with Crippen molar-refractivity contribution in [3.8, 4) is 0 Å². The summed E-state index contributed by atoms with van der Waals surface area (Å²) in [6.45, 7) is 0.000358. The molecule has 0 bridgehead atoms. The van der Waals surface area contributed by atoms with Gasteiger partial charge in [-0.15, -0.1) is 0 Å². The highest BCUT2D eigenvalue weighted by Gasteiger charge is 2.42. The number of nitro benzene ring substituents is 1. The van der Waals surface area contributed by atoms with E-state index in [-0.39, 0.29) is 17.0 Å². The lowest BCUT2D eigenvalue weighted by Gasteiger charge is -2.19. The summed E-state index contributed by atoms with van der Waals surface area (Å²) in [5.41, 5.74) is -0.679. The number of carbonyl (C=O) groups is 4. The minimum atomic E-state index is -5.44. The number of nitrogens with one attached hydrogen (secondary N) is 3. The predicted octanol–water partition coefficient (Wildman–Crippen LogP) is 3.22. The standard InChI is InChI=1S/C23H23ClF3N5O7/c24-15-8-7-14(11-17(15)32(37)38)16(12-21(35)39-22(36)23(25,26)27)31-20(34)13-30-19(33)6-2-4-10-29-18-5-1-3-9-28-18/h1,3,5,7-9,11,16H,2,4,6,10,12-13H2,(H,28,29)(H,30,33)(H,31,34). The third-order valence-corrected chi connectivity index (χ3v) is 5.28. The highest BCUT2D eigenvalue weighted by atomic mass is 35.5. The first-order valence-corrected chi connectivity index (χ1v) is 11.7.